The highest BCUT2D eigenvalue weighted by atomic mass is 16.1. The summed E-state index contributed by atoms with van der Waals surface area (Å²) in [4.78, 5) is 21.5. The van der Waals surface area contributed by atoms with Gasteiger partial charge in [0, 0.05) is 11.8 Å². The molecule has 0 heterocycles. The summed E-state index contributed by atoms with van der Waals surface area (Å²) in [5.41, 5.74) is 0. The number of carbonyl (C=O) groups excluding carboxylic acids is 2. The molecule has 1 saturated carbocycles. The highest BCUT2D eigenvalue weighted by Crippen LogP contribution is 2.28. The number of Topliss-reactive ketones (excluding diaryl/α,β-unsaturated/α-hetero) is 1. The molecule has 1 aliphatic rings. The van der Waals surface area contributed by atoms with Crippen LogP contribution in [0.3, 0.4) is 0 Å². The predicted octanol–water partition coefficient (Wildman–Crippen LogP) is 1.58. The SMILES string of the molecule is CC(=O)[C@H]1CCCC[C@H]1C=O. The summed E-state index contributed by atoms with van der Waals surface area (Å²) in [6, 6.07) is 0. The van der Waals surface area contributed by atoms with Crippen molar-refractivity contribution < 1.29 is 9.59 Å². The molecule has 0 saturated heterocycles. The molecule has 1 fully saturated rings. The van der Waals surface area contributed by atoms with E-state index < -0.39 is 0 Å². The molecular weight excluding hydrogens is 140 g/mol. The fraction of sp³-hybridized carbons (Fsp3) is 0.778. The van der Waals surface area contributed by atoms with Crippen LogP contribution in [0.1, 0.15) is 32.6 Å². The van der Waals surface area contributed by atoms with Crippen molar-refractivity contribution in [3.05, 3.63) is 0 Å². The average molecular weight is 154 g/mol. The summed E-state index contributed by atoms with van der Waals surface area (Å²) < 4.78 is 0. The molecule has 2 heteroatoms. The standard InChI is InChI=1S/C9H14O2/c1-7(11)9-5-3-2-4-8(9)6-10/h6,8-9H,2-5H2,1H3/t8-,9+/m0/s1. The second-order valence-corrected chi connectivity index (χ2v) is 3.30. The van der Waals surface area contributed by atoms with Gasteiger partial charge >= 0.3 is 0 Å². The van der Waals surface area contributed by atoms with Gasteiger partial charge in [-0.1, -0.05) is 12.8 Å². The highest BCUT2D eigenvalue weighted by molar-refractivity contribution is 5.81. The van der Waals surface area contributed by atoms with Crippen molar-refractivity contribution in [3.63, 3.8) is 0 Å². The van der Waals surface area contributed by atoms with E-state index in [4.69, 9.17) is 0 Å². The van der Waals surface area contributed by atoms with E-state index >= 15 is 0 Å². The van der Waals surface area contributed by atoms with Crippen LogP contribution < -0.4 is 0 Å². The van der Waals surface area contributed by atoms with Gasteiger partial charge in [-0.2, -0.15) is 0 Å². The Bertz CT molecular complexity index is 163. The average Bonchev–Trinajstić information content (AvgIpc) is 2.04. The Morgan fingerprint density at radius 1 is 1.36 bits per heavy atom. The van der Waals surface area contributed by atoms with Crippen molar-refractivity contribution in [3.8, 4) is 0 Å². The predicted molar refractivity (Wildman–Crippen MR) is 42.2 cm³/mol. The molecule has 2 nitrogen and oxygen atoms in total. The molecule has 62 valence electrons. The molecule has 0 aromatic carbocycles. The number of hydrogen-bond acceptors (Lipinski definition) is 2. The van der Waals surface area contributed by atoms with Crippen LogP contribution in [0.4, 0.5) is 0 Å². The Hall–Kier alpha value is -0.660. The van der Waals surface area contributed by atoms with Gasteiger partial charge in [0.1, 0.15) is 12.1 Å². The third-order valence-corrected chi connectivity index (χ3v) is 2.52. The van der Waals surface area contributed by atoms with Crippen LogP contribution in [-0.4, -0.2) is 12.1 Å². The summed E-state index contributed by atoms with van der Waals surface area (Å²) in [5, 5.41) is 0. The van der Waals surface area contributed by atoms with Crippen molar-refractivity contribution >= 4 is 12.1 Å². The molecule has 0 aliphatic heterocycles. The van der Waals surface area contributed by atoms with E-state index in [1.165, 1.54) is 0 Å². The largest absolute Gasteiger partial charge is 0.303 e. The minimum absolute atomic E-state index is 0.0150. The number of rotatable bonds is 2. The summed E-state index contributed by atoms with van der Waals surface area (Å²) in [6.07, 6.45) is 4.99. The zero-order valence-electron chi connectivity index (χ0n) is 6.88. The van der Waals surface area contributed by atoms with Crippen molar-refractivity contribution in [2.75, 3.05) is 0 Å². The molecule has 0 spiro atoms. The number of ketones is 1. The first-order chi connectivity index (χ1) is 5.25. The Labute approximate surface area is 67.0 Å². The second-order valence-electron chi connectivity index (χ2n) is 3.30. The van der Waals surface area contributed by atoms with Crippen LogP contribution in [0, 0.1) is 11.8 Å². The van der Waals surface area contributed by atoms with Crippen LogP contribution in [-0.2, 0) is 9.59 Å². The van der Waals surface area contributed by atoms with Crippen LogP contribution in [0.2, 0.25) is 0 Å². The van der Waals surface area contributed by atoms with Crippen LogP contribution in [0.25, 0.3) is 0 Å². The van der Waals surface area contributed by atoms with Gasteiger partial charge in [-0.25, -0.2) is 0 Å². The number of carbonyl (C=O) groups is 2. The van der Waals surface area contributed by atoms with Gasteiger partial charge < -0.3 is 4.79 Å². The molecular formula is C9H14O2. The molecule has 0 N–H and O–H groups in total. The number of hydrogen-bond donors (Lipinski definition) is 0. The Balaban J connectivity index is 2.58. The summed E-state index contributed by atoms with van der Waals surface area (Å²) in [5.74, 6) is 0.226. The highest BCUT2D eigenvalue weighted by Gasteiger charge is 2.27. The zero-order valence-corrected chi connectivity index (χ0v) is 6.88. The molecule has 0 bridgehead atoms. The minimum atomic E-state index is 0.0150. The molecule has 11 heavy (non-hydrogen) atoms. The summed E-state index contributed by atoms with van der Waals surface area (Å²) in [7, 11) is 0. The maximum absolute atomic E-state index is 11.0. The molecule has 0 aromatic rings. The third-order valence-electron chi connectivity index (χ3n) is 2.52. The van der Waals surface area contributed by atoms with Gasteiger partial charge in [0.05, 0.1) is 0 Å². The van der Waals surface area contributed by atoms with E-state index in [1.807, 2.05) is 0 Å². The molecule has 1 aliphatic carbocycles. The molecule has 0 aromatic heterocycles. The van der Waals surface area contributed by atoms with E-state index in [0.29, 0.717) is 0 Å². The lowest BCUT2D eigenvalue weighted by molar-refractivity contribution is -0.127. The lowest BCUT2D eigenvalue weighted by atomic mass is 9.78. The third kappa shape index (κ3) is 1.88. The quantitative estimate of drug-likeness (QED) is 0.566. The zero-order chi connectivity index (χ0) is 8.27. The topological polar surface area (TPSA) is 34.1 Å². The van der Waals surface area contributed by atoms with Gasteiger partial charge in [-0.3, -0.25) is 4.79 Å². The van der Waals surface area contributed by atoms with Crippen molar-refractivity contribution in [2.45, 2.75) is 32.6 Å². The molecule has 0 unspecified atom stereocenters. The van der Waals surface area contributed by atoms with Crippen molar-refractivity contribution in [1.82, 2.24) is 0 Å². The lowest BCUT2D eigenvalue weighted by Crippen LogP contribution is -2.26. The first-order valence-electron chi connectivity index (χ1n) is 4.21. The van der Waals surface area contributed by atoms with Gasteiger partial charge in [0.25, 0.3) is 0 Å². The monoisotopic (exact) mass is 154 g/mol. The molecule has 0 radical (unpaired) electrons. The van der Waals surface area contributed by atoms with E-state index in [2.05, 4.69) is 0 Å². The van der Waals surface area contributed by atoms with Crippen LogP contribution >= 0.6 is 0 Å². The Kier molecular flexibility index (Phi) is 2.80. The normalized spacial score (nSPS) is 31.4. The molecule has 0 amide bonds. The minimum Gasteiger partial charge on any atom is -0.303 e. The first-order valence-corrected chi connectivity index (χ1v) is 4.21. The van der Waals surface area contributed by atoms with Gasteiger partial charge in [0.15, 0.2) is 0 Å². The van der Waals surface area contributed by atoms with E-state index in [0.717, 1.165) is 32.0 Å². The fourth-order valence-electron chi connectivity index (χ4n) is 1.83. The van der Waals surface area contributed by atoms with Crippen molar-refractivity contribution in [2.24, 2.45) is 11.8 Å². The lowest BCUT2D eigenvalue weighted by Gasteiger charge is -2.24. The van der Waals surface area contributed by atoms with E-state index in [9.17, 15) is 9.59 Å². The van der Waals surface area contributed by atoms with Gasteiger partial charge in [-0.05, 0) is 19.8 Å². The van der Waals surface area contributed by atoms with Gasteiger partial charge in [0.2, 0.25) is 0 Å². The van der Waals surface area contributed by atoms with Crippen molar-refractivity contribution in [1.29, 1.82) is 0 Å². The van der Waals surface area contributed by atoms with E-state index in [1.54, 1.807) is 6.92 Å². The van der Waals surface area contributed by atoms with Gasteiger partial charge in [-0.15, -0.1) is 0 Å². The maximum atomic E-state index is 11.0. The molecule has 2 atom stereocenters. The summed E-state index contributed by atoms with van der Waals surface area (Å²) >= 11 is 0. The smallest absolute Gasteiger partial charge is 0.133 e. The Morgan fingerprint density at radius 3 is 2.45 bits per heavy atom. The first kappa shape index (κ1) is 8.44. The second kappa shape index (κ2) is 3.65. The maximum Gasteiger partial charge on any atom is 0.133 e. The molecule has 1 rings (SSSR count). The fourth-order valence-corrected chi connectivity index (χ4v) is 1.83. The van der Waals surface area contributed by atoms with Crippen LogP contribution in [0.15, 0.2) is 0 Å². The Morgan fingerprint density at radius 2 is 2.00 bits per heavy atom. The number of aldehydes is 1. The summed E-state index contributed by atoms with van der Waals surface area (Å²) in [6.45, 7) is 1.59. The van der Waals surface area contributed by atoms with E-state index in [-0.39, 0.29) is 17.6 Å². The van der Waals surface area contributed by atoms with Crippen LogP contribution in [0.5, 0.6) is 0 Å².